The van der Waals surface area contributed by atoms with Crippen molar-refractivity contribution in [1.82, 2.24) is 4.72 Å². The molecule has 18 heavy (non-hydrogen) atoms. The number of rotatable bonds is 5. The van der Waals surface area contributed by atoms with Crippen LogP contribution in [0.5, 0.6) is 0 Å². The van der Waals surface area contributed by atoms with E-state index in [2.05, 4.69) is 4.72 Å². The van der Waals surface area contributed by atoms with Gasteiger partial charge in [0.1, 0.15) is 16.5 Å². The molecule has 0 saturated carbocycles. The highest BCUT2D eigenvalue weighted by molar-refractivity contribution is 7.89. The van der Waals surface area contributed by atoms with E-state index in [-0.39, 0.29) is 12.6 Å². The Morgan fingerprint density at radius 1 is 1.39 bits per heavy atom. The van der Waals surface area contributed by atoms with Gasteiger partial charge in [-0.05, 0) is 13.0 Å². The van der Waals surface area contributed by atoms with Crippen molar-refractivity contribution in [1.29, 1.82) is 0 Å². The highest BCUT2D eigenvalue weighted by atomic mass is 32.2. The smallest absolute Gasteiger partial charge is 0.243 e. The number of benzene rings is 1. The van der Waals surface area contributed by atoms with Crippen LogP contribution in [-0.2, 0) is 14.8 Å². The van der Waals surface area contributed by atoms with Crippen LogP contribution in [0, 0.1) is 11.6 Å². The molecule has 0 aliphatic carbocycles. The van der Waals surface area contributed by atoms with E-state index in [1.807, 2.05) is 0 Å². The van der Waals surface area contributed by atoms with Crippen molar-refractivity contribution < 1.29 is 21.9 Å². The number of nitrogen functional groups attached to an aromatic ring is 1. The van der Waals surface area contributed by atoms with Crippen molar-refractivity contribution in [2.24, 2.45) is 0 Å². The Bertz CT molecular complexity index is 534. The van der Waals surface area contributed by atoms with Crippen molar-refractivity contribution in [3.63, 3.8) is 0 Å². The van der Waals surface area contributed by atoms with E-state index in [0.29, 0.717) is 6.07 Å². The third-order valence-corrected chi connectivity index (χ3v) is 3.74. The van der Waals surface area contributed by atoms with E-state index in [1.54, 1.807) is 6.92 Å². The number of anilines is 1. The first-order valence-electron chi connectivity index (χ1n) is 5.05. The summed E-state index contributed by atoms with van der Waals surface area (Å²) >= 11 is 0. The van der Waals surface area contributed by atoms with Crippen LogP contribution in [0.4, 0.5) is 14.5 Å². The van der Waals surface area contributed by atoms with Gasteiger partial charge in [0.2, 0.25) is 10.0 Å². The molecule has 0 heterocycles. The molecular formula is C10H14F2N2O3S. The summed E-state index contributed by atoms with van der Waals surface area (Å²) in [7, 11) is -2.67. The summed E-state index contributed by atoms with van der Waals surface area (Å²) in [5, 5.41) is 0. The minimum absolute atomic E-state index is 0.0322. The van der Waals surface area contributed by atoms with Crippen LogP contribution in [0.25, 0.3) is 0 Å². The lowest BCUT2D eigenvalue weighted by molar-refractivity contribution is 0.122. The van der Waals surface area contributed by atoms with Gasteiger partial charge in [0.15, 0.2) is 0 Å². The molecule has 0 fully saturated rings. The van der Waals surface area contributed by atoms with Gasteiger partial charge in [-0.15, -0.1) is 0 Å². The van der Waals surface area contributed by atoms with Crippen LogP contribution in [0.2, 0.25) is 0 Å². The Hall–Kier alpha value is -1.25. The largest absolute Gasteiger partial charge is 0.396 e. The summed E-state index contributed by atoms with van der Waals surface area (Å²) in [4.78, 5) is -0.690. The number of sulfonamides is 1. The van der Waals surface area contributed by atoms with E-state index in [4.69, 9.17) is 10.5 Å². The molecule has 0 bridgehead atoms. The van der Waals surface area contributed by atoms with Crippen molar-refractivity contribution in [2.45, 2.75) is 17.9 Å². The third kappa shape index (κ3) is 3.37. The fourth-order valence-corrected chi connectivity index (χ4v) is 2.35. The van der Waals surface area contributed by atoms with Crippen LogP contribution in [-0.4, -0.2) is 28.2 Å². The molecule has 0 aromatic heterocycles. The maximum absolute atomic E-state index is 13.4. The monoisotopic (exact) mass is 280 g/mol. The molecule has 1 rings (SSSR count). The number of hydrogen-bond donors (Lipinski definition) is 2. The van der Waals surface area contributed by atoms with Gasteiger partial charge in [-0.25, -0.2) is 21.9 Å². The number of nitrogens with two attached hydrogens (primary N) is 1. The lowest BCUT2D eigenvalue weighted by Gasteiger charge is -2.12. The molecule has 1 aromatic rings. The van der Waals surface area contributed by atoms with Crippen molar-refractivity contribution in [2.75, 3.05) is 19.4 Å². The van der Waals surface area contributed by atoms with E-state index >= 15 is 0 Å². The van der Waals surface area contributed by atoms with E-state index in [9.17, 15) is 17.2 Å². The summed E-state index contributed by atoms with van der Waals surface area (Å²) in [5.74, 6) is -2.20. The normalized spacial score (nSPS) is 13.6. The molecule has 1 unspecified atom stereocenters. The van der Waals surface area contributed by atoms with Crippen LogP contribution in [0.1, 0.15) is 6.92 Å². The van der Waals surface area contributed by atoms with Gasteiger partial charge in [0, 0.05) is 19.7 Å². The van der Waals surface area contributed by atoms with Gasteiger partial charge in [-0.1, -0.05) is 0 Å². The molecule has 0 spiro atoms. The van der Waals surface area contributed by atoms with Crippen molar-refractivity contribution >= 4 is 15.7 Å². The van der Waals surface area contributed by atoms with Gasteiger partial charge < -0.3 is 10.5 Å². The standard InChI is InChI=1S/C10H14F2N2O3S/c1-6(17-2)5-14-18(15,16)10-4-9(13)7(11)3-8(10)12/h3-4,6,14H,5,13H2,1-2H3. The van der Waals surface area contributed by atoms with E-state index in [0.717, 1.165) is 6.07 Å². The Labute approximate surface area is 104 Å². The molecule has 102 valence electrons. The third-order valence-electron chi connectivity index (χ3n) is 2.30. The van der Waals surface area contributed by atoms with Crippen LogP contribution in [0.3, 0.4) is 0 Å². The lowest BCUT2D eigenvalue weighted by atomic mass is 10.3. The first-order valence-corrected chi connectivity index (χ1v) is 6.53. The van der Waals surface area contributed by atoms with Crippen LogP contribution < -0.4 is 10.5 Å². The van der Waals surface area contributed by atoms with Gasteiger partial charge in [-0.3, -0.25) is 0 Å². The lowest BCUT2D eigenvalue weighted by Crippen LogP contribution is -2.32. The topological polar surface area (TPSA) is 81.4 Å². The number of hydrogen-bond acceptors (Lipinski definition) is 4. The maximum Gasteiger partial charge on any atom is 0.243 e. The Balaban J connectivity index is 3.02. The highest BCUT2D eigenvalue weighted by Gasteiger charge is 2.21. The zero-order valence-electron chi connectivity index (χ0n) is 9.91. The first kappa shape index (κ1) is 14.8. The summed E-state index contributed by atoms with van der Waals surface area (Å²) in [5.41, 5.74) is 4.78. The van der Waals surface area contributed by atoms with E-state index < -0.39 is 32.2 Å². The van der Waals surface area contributed by atoms with Crippen LogP contribution in [0.15, 0.2) is 17.0 Å². The number of nitrogens with one attached hydrogen (secondary N) is 1. The second-order valence-corrected chi connectivity index (χ2v) is 5.44. The first-order chi connectivity index (χ1) is 8.27. The Kier molecular flexibility index (Phi) is 4.60. The average molecular weight is 280 g/mol. The fourth-order valence-electron chi connectivity index (χ4n) is 1.14. The van der Waals surface area contributed by atoms with Gasteiger partial charge in [0.25, 0.3) is 0 Å². The minimum Gasteiger partial charge on any atom is -0.396 e. The molecule has 0 amide bonds. The Morgan fingerprint density at radius 2 is 2.00 bits per heavy atom. The van der Waals surface area contributed by atoms with Gasteiger partial charge >= 0.3 is 0 Å². The molecule has 8 heteroatoms. The Morgan fingerprint density at radius 3 is 2.56 bits per heavy atom. The zero-order chi connectivity index (χ0) is 13.9. The molecule has 0 saturated heterocycles. The summed E-state index contributed by atoms with van der Waals surface area (Å²) in [6, 6.07) is 1.17. The predicted molar refractivity (Wildman–Crippen MR) is 62.4 cm³/mol. The minimum atomic E-state index is -4.09. The number of methoxy groups -OCH3 is 1. The van der Waals surface area contributed by atoms with Gasteiger partial charge in [0.05, 0.1) is 11.8 Å². The molecule has 0 radical (unpaired) electrons. The maximum atomic E-state index is 13.4. The highest BCUT2D eigenvalue weighted by Crippen LogP contribution is 2.20. The second-order valence-electron chi connectivity index (χ2n) is 3.70. The summed E-state index contributed by atoms with van der Waals surface area (Å²) in [6.45, 7) is 1.60. The van der Waals surface area contributed by atoms with Crippen molar-refractivity contribution in [3.05, 3.63) is 23.8 Å². The quantitative estimate of drug-likeness (QED) is 0.784. The predicted octanol–water partition coefficient (Wildman–Crippen LogP) is 0.860. The van der Waals surface area contributed by atoms with Gasteiger partial charge in [-0.2, -0.15) is 0 Å². The SMILES string of the molecule is COC(C)CNS(=O)(=O)c1cc(N)c(F)cc1F. The molecule has 1 atom stereocenters. The van der Waals surface area contributed by atoms with Crippen molar-refractivity contribution in [3.8, 4) is 0 Å². The summed E-state index contributed by atoms with van der Waals surface area (Å²) < 4.78 is 56.8. The molecule has 5 nitrogen and oxygen atoms in total. The average Bonchev–Trinajstić information content (AvgIpc) is 2.30. The summed E-state index contributed by atoms with van der Waals surface area (Å²) in [6.07, 6.45) is -0.374. The van der Waals surface area contributed by atoms with E-state index in [1.165, 1.54) is 7.11 Å². The fraction of sp³-hybridized carbons (Fsp3) is 0.400. The molecular weight excluding hydrogens is 266 g/mol. The molecule has 0 aliphatic heterocycles. The van der Waals surface area contributed by atoms with Crippen LogP contribution >= 0.6 is 0 Å². The number of halogens is 2. The second kappa shape index (κ2) is 5.59. The zero-order valence-corrected chi connectivity index (χ0v) is 10.7. The molecule has 0 aliphatic rings. The number of ether oxygens (including phenoxy) is 1. The molecule has 3 N–H and O–H groups in total. The molecule has 1 aromatic carbocycles.